The number of hydrogen-bond acceptors (Lipinski definition) is 8. The molecule has 7 rings (SSSR count). The summed E-state index contributed by atoms with van der Waals surface area (Å²) < 4.78 is 16.2. The van der Waals surface area contributed by atoms with Crippen molar-refractivity contribution in [1.82, 2.24) is 20.2 Å². The normalized spacial score (nSPS) is 19.6. The van der Waals surface area contributed by atoms with Crippen LogP contribution in [0.25, 0.3) is 22.4 Å². The van der Waals surface area contributed by atoms with Crippen LogP contribution in [0, 0.1) is 0 Å². The van der Waals surface area contributed by atoms with E-state index in [-0.39, 0.29) is 11.8 Å². The number of ether oxygens (including phenoxy) is 2. The number of oxazole rings is 1. The number of anilines is 3. The Morgan fingerprint density at radius 1 is 1.11 bits per heavy atom. The minimum atomic E-state index is -0.558. The van der Waals surface area contributed by atoms with Gasteiger partial charge < -0.3 is 24.5 Å². The lowest BCUT2D eigenvalue weighted by Gasteiger charge is -2.11. The maximum Gasteiger partial charge on any atom is 0.237 e. The molecule has 0 radical (unpaired) electrons. The Labute approximate surface area is 211 Å². The number of aromatic amines is 1. The van der Waals surface area contributed by atoms with Gasteiger partial charge in [0.2, 0.25) is 17.7 Å². The summed E-state index contributed by atoms with van der Waals surface area (Å²) in [7, 11) is 3.20. The first-order valence-electron chi connectivity index (χ1n) is 11.8. The van der Waals surface area contributed by atoms with Crippen molar-refractivity contribution in [3.8, 4) is 23.1 Å². The van der Waals surface area contributed by atoms with E-state index in [1.54, 1.807) is 26.6 Å². The van der Waals surface area contributed by atoms with Gasteiger partial charge in [0.1, 0.15) is 17.7 Å². The highest BCUT2D eigenvalue weighted by Crippen LogP contribution is 2.65. The van der Waals surface area contributed by atoms with Gasteiger partial charge in [0, 0.05) is 23.2 Å². The second-order valence-corrected chi connectivity index (χ2v) is 9.21. The molecule has 10 heteroatoms. The number of benzene rings is 2. The third kappa shape index (κ3) is 3.18. The number of aromatic nitrogens is 4. The first-order chi connectivity index (χ1) is 18.1. The summed E-state index contributed by atoms with van der Waals surface area (Å²) in [6.45, 7) is 0. The van der Waals surface area contributed by atoms with E-state index in [2.05, 4.69) is 42.9 Å². The fraction of sp³-hybridized carbons (Fsp3) is 0.185. The number of carbonyl (C=O) groups is 1. The molecule has 3 N–H and O–H groups in total. The van der Waals surface area contributed by atoms with Gasteiger partial charge in [-0.25, -0.2) is 9.97 Å². The lowest BCUT2D eigenvalue weighted by atomic mass is 9.91. The maximum atomic E-state index is 13.0. The van der Waals surface area contributed by atoms with Gasteiger partial charge in [-0.3, -0.25) is 9.89 Å². The summed E-state index contributed by atoms with van der Waals surface area (Å²) in [4.78, 5) is 21.6. The Hall–Kier alpha value is -4.86. The number of H-pyrrole nitrogens is 1. The van der Waals surface area contributed by atoms with Crippen LogP contribution < -0.4 is 20.1 Å². The van der Waals surface area contributed by atoms with Gasteiger partial charge in [-0.15, -0.1) is 0 Å². The Kier molecular flexibility index (Phi) is 4.53. The van der Waals surface area contributed by atoms with Crippen LogP contribution >= 0.6 is 0 Å². The highest BCUT2D eigenvalue weighted by atomic mass is 16.5. The van der Waals surface area contributed by atoms with E-state index in [0.717, 1.165) is 39.9 Å². The summed E-state index contributed by atoms with van der Waals surface area (Å²) in [5, 5.41) is 14.9. The lowest BCUT2D eigenvalue weighted by molar-refractivity contribution is -0.118. The highest BCUT2D eigenvalue weighted by molar-refractivity contribution is 6.10. The van der Waals surface area contributed by atoms with E-state index in [9.17, 15) is 4.79 Å². The molecular weight excluding hydrogens is 472 g/mol. The van der Waals surface area contributed by atoms with Gasteiger partial charge in [0.05, 0.1) is 36.9 Å². The van der Waals surface area contributed by atoms with Crippen molar-refractivity contribution in [1.29, 1.82) is 0 Å². The van der Waals surface area contributed by atoms with E-state index in [1.165, 1.54) is 6.26 Å². The monoisotopic (exact) mass is 494 g/mol. The molecule has 1 amide bonds. The zero-order valence-electron chi connectivity index (χ0n) is 20.0. The minimum Gasteiger partial charge on any atom is -0.497 e. The molecule has 10 nitrogen and oxygen atoms in total. The second-order valence-electron chi connectivity index (χ2n) is 9.21. The van der Waals surface area contributed by atoms with Crippen LogP contribution in [-0.4, -0.2) is 40.3 Å². The molecule has 3 aromatic heterocycles. The molecule has 0 saturated heterocycles. The summed E-state index contributed by atoms with van der Waals surface area (Å²) >= 11 is 0. The van der Waals surface area contributed by atoms with Crippen LogP contribution in [0.1, 0.15) is 23.5 Å². The van der Waals surface area contributed by atoms with E-state index < -0.39 is 5.41 Å². The molecule has 0 unspecified atom stereocenters. The molecule has 0 bridgehead atoms. The number of nitrogens with zero attached hydrogens (tertiary/aromatic N) is 3. The summed E-state index contributed by atoms with van der Waals surface area (Å²) in [6, 6.07) is 13.7. The first kappa shape index (κ1) is 21.4. The van der Waals surface area contributed by atoms with Gasteiger partial charge in [-0.2, -0.15) is 5.10 Å². The highest BCUT2D eigenvalue weighted by Gasteiger charge is 2.65. The predicted molar refractivity (Wildman–Crippen MR) is 136 cm³/mol. The van der Waals surface area contributed by atoms with Crippen LogP contribution in [0.15, 0.2) is 65.5 Å². The molecule has 2 aromatic carbocycles. The topological polar surface area (TPSA) is 127 Å². The second kappa shape index (κ2) is 7.82. The molecule has 1 fully saturated rings. The van der Waals surface area contributed by atoms with E-state index in [0.29, 0.717) is 28.8 Å². The fourth-order valence-corrected chi connectivity index (χ4v) is 5.36. The predicted octanol–water partition coefficient (Wildman–Crippen LogP) is 4.75. The van der Waals surface area contributed by atoms with E-state index in [1.807, 2.05) is 30.3 Å². The molecule has 1 aliphatic carbocycles. The van der Waals surface area contributed by atoms with Crippen LogP contribution in [-0.2, 0) is 10.2 Å². The van der Waals surface area contributed by atoms with Crippen LogP contribution in [0.5, 0.6) is 11.6 Å². The van der Waals surface area contributed by atoms with Gasteiger partial charge in [-0.1, -0.05) is 6.07 Å². The molecule has 2 atom stereocenters. The summed E-state index contributed by atoms with van der Waals surface area (Å²) in [5.74, 6) is 2.37. The molecule has 4 heterocycles. The van der Waals surface area contributed by atoms with Crippen molar-refractivity contribution in [2.75, 3.05) is 24.9 Å². The average molecular weight is 495 g/mol. The number of rotatable bonds is 6. The molecule has 1 spiro atoms. The average Bonchev–Trinajstić information content (AvgIpc) is 3.20. The van der Waals surface area contributed by atoms with Gasteiger partial charge in [0.15, 0.2) is 5.82 Å². The number of methoxy groups -OCH3 is 2. The number of fused-ring (bicyclic) bond motifs is 3. The van der Waals surface area contributed by atoms with Gasteiger partial charge in [-0.05, 0) is 53.9 Å². The Balaban J connectivity index is 1.20. The number of pyridine rings is 1. The first-order valence-corrected chi connectivity index (χ1v) is 11.8. The zero-order valence-corrected chi connectivity index (χ0v) is 20.0. The van der Waals surface area contributed by atoms with Crippen LogP contribution in [0.4, 0.5) is 17.2 Å². The molecule has 37 heavy (non-hydrogen) atoms. The van der Waals surface area contributed by atoms with Crippen molar-refractivity contribution in [2.45, 2.75) is 17.8 Å². The lowest BCUT2D eigenvalue weighted by Crippen LogP contribution is -2.21. The molecule has 5 aromatic rings. The molecule has 184 valence electrons. The third-order valence-corrected chi connectivity index (χ3v) is 7.29. The largest absolute Gasteiger partial charge is 0.497 e. The Morgan fingerprint density at radius 3 is 2.84 bits per heavy atom. The quantitative estimate of drug-likeness (QED) is 0.309. The number of amides is 1. The molecule has 1 saturated carbocycles. The summed E-state index contributed by atoms with van der Waals surface area (Å²) in [6.07, 6.45) is 5.49. The number of nitrogens with one attached hydrogen (secondary N) is 3. The van der Waals surface area contributed by atoms with Crippen molar-refractivity contribution < 1.29 is 18.7 Å². The van der Waals surface area contributed by atoms with Crippen molar-refractivity contribution in [3.05, 3.63) is 72.2 Å². The van der Waals surface area contributed by atoms with Gasteiger partial charge in [0.25, 0.3) is 0 Å². The third-order valence-electron chi connectivity index (χ3n) is 7.29. The number of hydrogen-bond donors (Lipinski definition) is 3. The van der Waals surface area contributed by atoms with Crippen LogP contribution in [0.2, 0.25) is 0 Å². The zero-order chi connectivity index (χ0) is 25.1. The number of carbonyl (C=O) groups excluding carboxylic acids is 1. The van der Waals surface area contributed by atoms with Crippen LogP contribution in [0.3, 0.4) is 0 Å². The standard InChI is InChI=1S/C27H22N6O4/c1-35-16-4-6-20-18(11-16)27(26(34)31-20)12-19(27)14-3-5-17-21(9-14)32-33-23(17)30-22-10-15(13-29-25(22)36-2)24-28-7-8-37-24/h3-11,13,19H,12H2,1-2H3,(H,31,34)(H2,30,32,33)/t19-,27-/m0/s1. The van der Waals surface area contributed by atoms with E-state index >= 15 is 0 Å². The Bertz CT molecular complexity index is 1680. The summed E-state index contributed by atoms with van der Waals surface area (Å²) in [5.41, 5.74) is 4.58. The van der Waals surface area contributed by atoms with E-state index in [4.69, 9.17) is 13.9 Å². The molecule has 1 aliphatic heterocycles. The smallest absolute Gasteiger partial charge is 0.237 e. The SMILES string of the molecule is COc1ccc2c(c1)[C@]1(C[C@H]1c1ccc3c(Nc4cc(-c5ncco5)cnc4OC)n[nH]c3c1)C(=O)N2. The van der Waals surface area contributed by atoms with Crippen molar-refractivity contribution >= 4 is 34.0 Å². The van der Waals surface area contributed by atoms with Gasteiger partial charge >= 0.3 is 0 Å². The molecular formula is C27H22N6O4. The Morgan fingerprint density at radius 2 is 2.03 bits per heavy atom. The fourth-order valence-electron chi connectivity index (χ4n) is 5.36. The van der Waals surface area contributed by atoms with Crippen molar-refractivity contribution in [3.63, 3.8) is 0 Å². The minimum absolute atomic E-state index is 0.0401. The van der Waals surface area contributed by atoms with Crippen molar-refractivity contribution in [2.24, 2.45) is 0 Å². The maximum absolute atomic E-state index is 13.0. The molecule has 2 aliphatic rings.